The number of rotatable bonds is 9. The highest BCUT2D eigenvalue weighted by molar-refractivity contribution is 7.92. The van der Waals surface area contributed by atoms with Gasteiger partial charge in [-0.1, -0.05) is 54.6 Å². The molecule has 4 aromatic rings. The van der Waals surface area contributed by atoms with Crippen LogP contribution in [0.2, 0.25) is 0 Å². The van der Waals surface area contributed by atoms with Crippen molar-refractivity contribution in [1.82, 2.24) is 5.32 Å². The Morgan fingerprint density at radius 1 is 0.848 bits per heavy atom. The summed E-state index contributed by atoms with van der Waals surface area (Å²) in [5.74, 6) is 0.430. The fraction of sp³-hybridized carbons (Fsp3) is 0.115. The van der Waals surface area contributed by atoms with Crippen LogP contribution in [0, 0.1) is 0 Å². The number of amides is 1. The Bertz CT molecular complexity index is 1290. The number of hydrogen-bond donors (Lipinski definition) is 1. The number of carbonyl (C=O) groups excluding carboxylic acids is 1. The van der Waals surface area contributed by atoms with E-state index in [1.165, 1.54) is 16.4 Å². The van der Waals surface area contributed by atoms with E-state index in [1.54, 1.807) is 48.7 Å². The molecule has 0 aliphatic rings. The molecule has 0 fully saturated rings. The maximum absolute atomic E-state index is 13.7. The van der Waals surface area contributed by atoms with Gasteiger partial charge in [0.2, 0.25) is 0 Å². The first-order valence-electron chi connectivity index (χ1n) is 10.6. The predicted octanol–water partition coefficient (Wildman–Crippen LogP) is 4.65. The van der Waals surface area contributed by atoms with Crippen molar-refractivity contribution in [2.75, 3.05) is 10.8 Å². The van der Waals surface area contributed by atoms with E-state index in [0.29, 0.717) is 18.7 Å². The zero-order valence-electron chi connectivity index (χ0n) is 17.9. The summed E-state index contributed by atoms with van der Waals surface area (Å²) < 4.78 is 33.9. The highest BCUT2D eigenvalue weighted by Gasteiger charge is 2.26. The average molecular weight is 461 g/mol. The van der Waals surface area contributed by atoms with Crippen molar-refractivity contribution in [3.05, 3.63) is 120 Å². The lowest BCUT2D eigenvalue weighted by Gasteiger charge is -2.25. The largest absolute Gasteiger partial charge is 0.469 e. The van der Waals surface area contributed by atoms with Gasteiger partial charge >= 0.3 is 0 Å². The second-order valence-corrected chi connectivity index (χ2v) is 9.31. The molecule has 1 N–H and O–H groups in total. The lowest BCUT2D eigenvalue weighted by Crippen LogP contribution is -2.31. The smallest absolute Gasteiger partial charge is 0.264 e. The quantitative estimate of drug-likeness (QED) is 0.394. The third-order valence-corrected chi connectivity index (χ3v) is 6.90. The highest BCUT2D eigenvalue weighted by atomic mass is 32.2. The Labute approximate surface area is 193 Å². The summed E-state index contributed by atoms with van der Waals surface area (Å²) >= 11 is 0. The maximum Gasteiger partial charge on any atom is 0.264 e. The molecule has 168 valence electrons. The molecule has 0 aliphatic carbocycles. The molecule has 0 saturated carbocycles. The minimum Gasteiger partial charge on any atom is -0.469 e. The summed E-state index contributed by atoms with van der Waals surface area (Å²) in [6.07, 6.45) is 2.13. The molecule has 4 rings (SSSR count). The molecule has 1 heterocycles. The summed E-state index contributed by atoms with van der Waals surface area (Å²) in [6.45, 7) is 0.556. The second kappa shape index (κ2) is 10.2. The number of hydrogen-bond acceptors (Lipinski definition) is 4. The first-order chi connectivity index (χ1) is 16.0. The maximum atomic E-state index is 13.7. The van der Waals surface area contributed by atoms with Gasteiger partial charge < -0.3 is 9.73 Å². The molecular formula is C26H24N2O4S. The fourth-order valence-electron chi connectivity index (χ4n) is 3.44. The van der Waals surface area contributed by atoms with E-state index >= 15 is 0 Å². The summed E-state index contributed by atoms with van der Waals surface area (Å²) in [4.78, 5) is 12.7. The Hall–Kier alpha value is -3.84. The third-order valence-electron chi connectivity index (χ3n) is 5.13. The van der Waals surface area contributed by atoms with E-state index in [9.17, 15) is 13.2 Å². The molecule has 1 aromatic heterocycles. The van der Waals surface area contributed by atoms with Crippen molar-refractivity contribution >= 4 is 21.6 Å². The Morgan fingerprint density at radius 3 is 2.27 bits per heavy atom. The van der Waals surface area contributed by atoms with Gasteiger partial charge in [-0.3, -0.25) is 9.10 Å². The van der Waals surface area contributed by atoms with E-state index in [4.69, 9.17) is 4.42 Å². The van der Waals surface area contributed by atoms with Crippen LogP contribution in [0.25, 0.3) is 0 Å². The fourth-order valence-corrected chi connectivity index (χ4v) is 4.94. The Balaban J connectivity index is 1.58. The van der Waals surface area contributed by atoms with E-state index in [-0.39, 0.29) is 22.9 Å². The van der Waals surface area contributed by atoms with Crippen LogP contribution in [0.1, 0.15) is 21.7 Å². The lowest BCUT2D eigenvalue weighted by molar-refractivity contribution is 0.0953. The van der Waals surface area contributed by atoms with Crippen LogP contribution in [0.3, 0.4) is 0 Å². The van der Waals surface area contributed by atoms with E-state index in [1.807, 2.05) is 42.5 Å². The number of para-hydroxylation sites is 1. The van der Waals surface area contributed by atoms with Gasteiger partial charge in [0.15, 0.2) is 0 Å². The normalized spacial score (nSPS) is 11.2. The van der Waals surface area contributed by atoms with Crippen LogP contribution >= 0.6 is 0 Å². The lowest BCUT2D eigenvalue weighted by atomic mass is 10.2. The molecule has 0 saturated heterocycles. The summed E-state index contributed by atoms with van der Waals surface area (Å²) in [6, 6.07) is 28.1. The van der Waals surface area contributed by atoms with Gasteiger partial charge in [-0.15, -0.1) is 0 Å². The number of anilines is 1. The molecule has 0 unspecified atom stereocenters. The summed E-state index contributed by atoms with van der Waals surface area (Å²) in [5.41, 5.74) is 1.69. The van der Waals surface area contributed by atoms with Crippen LogP contribution < -0.4 is 9.62 Å². The molecule has 7 heteroatoms. The molecule has 0 atom stereocenters. The predicted molar refractivity (Wildman–Crippen MR) is 127 cm³/mol. The standard InChI is InChI=1S/C26H24N2O4S/c29-26(27-17-16-24-14-8-18-32-24)22-11-7-15-25(19-22)33(30,31)28(23-12-5-2-6-13-23)20-21-9-3-1-4-10-21/h1-15,18-19H,16-17,20H2,(H,27,29). The van der Waals surface area contributed by atoms with E-state index < -0.39 is 10.0 Å². The van der Waals surface area contributed by atoms with Crippen LogP contribution in [0.5, 0.6) is 0 Å². The number of nitrogens with zero attached hydrogens (tertiary/aromatic N) is 1. The Morgan fingerprint density at radius 2 is 1.58 bits per heavy atom. The minimum absolute atomic E-state index is 0.0565. The van der Waals surface area contributed by atoms with Crippen molar-refractivity contribution in [2.45, 2.75) is 17.9 Å². The molecule has 0 aliphatic heterocycles. The Kier molecular flexibility index (Phi) is 6.90. The van der Waals surface area contributed by atoms with Gasteiger partial charge in [0, 0.05) is 18.5 Å². The summed E-state index contributed by atoms with van der Waals surface area (Å²) in [7, 11) is -3.93. The van der Waals surface area contributed by atoms with Crippen molar-refractivity contribution < 1.29 is 17.6 Å². The monoisotopic (exact) mass is 460 g/mol. The van der Waals surface area contributed by atoms with Crippen molar-refractivity contribution in [1.29, 1.82) is 0 Å². The van der Waals surface area contributed by atoms with Crippen LogP contribution in [-0.4, -0.2) is 20.9 Å². The van der Waals surface area contributed by atoms with Crippen LogP contribution in [0.4, 0.5) is 5.69 Å². The number of carbonyl (C=O) groups is 1. The van der Waals surface area contributed by atoms with Gasteiger partial charge in [0.05, 0.1) is 23.4 Å². The van der Waals surface area contributed by atoms with Crippen molar-refractivity contribution in [3.8, 4) is 0 Å². The number of furan rings is 1. The molecule has 3 aromatic carbocycles. The molecule has 1 amide bonds. The van der Waals surface area contributed by atoms with Crippen LogP contribution in [-0.2, 0) is 23.0 Å². The molecule has 0 radical (unpaired) electrons. The minimum atomic E-state index is -3.93. The zero-order chi connectivity index (χ0) is 23.1. The highest BCUT2D eigenvalue weighted by Crippen LogP contribution is 2.26. The SMILES string of the molecule is O=C(NCCc1ccco1)c1cccc(S(=O)(=O)N(Cc2ccccc2)c2ccccc2)c1. The number of sulfonamides is 1. The second-order valence-electron chi connectivity index (χ2n) is 7.45. The average Bonchev–Trinajstić information content (AvgIpc) is 3.37. The molecule has 6 nitrogen and oxygen atoms in total. The van der Waals surface area contributed by atoms with Crippen LogP contribution in [0.15, 0.2) is 113 Å². The van der Waals surface area contributed by atoms with Gasteiger partial charge in [0.1, 0.15) is 5.76 Å². The van der Waals surface area contributed by atoms with Crippen molar-refractivity contribution in [2.24, 2.45) is 0 Å². The third kappa shape index (κ3) is 5.51. The van der Waals surface area contributed by atoms with Gasteiger partial charge in [0.25, 0.3) is 15.9 Å². The van der Waals surface area contributed by atoms with E-state index in [0.717, 1.165) is 11.3 Å². The number of nitrogens with one attached hydrogen (secondary N) is 1. The molecule has 33 heavy (non-hydrogen) atoms. The number of benzene rings is 3. The van der Waals surface area contributed by atoms with E-state index in [2.05, 4.69) is 5.32 Å². The molecule has 0 bridgehead atoms. The first-order valence-corrected chi connectivity index (χ1v) is 12.0. The van der Waals surface area contributed by atoms with Gasteiger partial charge in [-0.2, -0.15) is 0 Å². The zero-order valence-corrected chi connectivity index (χ0v) is 18.7. The van der Waals surface area contributed by atoms with Gasteiger partial charge in [-0.25, -0.2) is 8.42 Å². The molecule has 0 spiro atoms. The van der Waals surface area contributed by atoms with Gasteiger partial charge in [-0.05, 0) is 48.0 Å². The molecular weight excluding hydrogens is 436 g/mol. The topological polar surface area (TPSA) is 79.6 Å². The van der Waals surface area contributed by atoms with Crippen molar-refractivity contribution in [3.63, 3.8) is 0 Å². The first kappa shape index (κ1) is 22.4. The summed E-state index contributed by atoms with van der Waals surface area (Å²) in [5, 5.41) is 2.81.